The third-order valence-electron chi connectivity index (χ3n) is 3.26. The molecule has 1 unspecified atom stereocenters. The average Bonchev–Trinajstić information content (AvgIpc) is 2.46. The first kappa shape index (κ1) is 16.1. The van der Waals surface area contributed by atoms with Crippen molar-refractivity contribution in [3.63, 3.8) is 0 Å². The molecule has 2 aromatic rings. The van der Waals surface area contributed by atoms with Crippen molar-refractivity contribution in [1.82, 2.24) is 0 Å². The van der Waals surface area contributed by atoms with Crippen LogP contribution in [0, 0.1) is 0 Å². The number of nitrogens with two attached hydrogens (primary N) is 1. The van der Waals surface area contributed by atoms with Crippen molar-refractivity contribution in [2.75, 3.05) is 14.2 Å². The highest BCUT2D eigenvalue weighted by Gasteiger charge is 2.18. The van der Waals surface area contributed by atoms with Crippen LogP contribution in [-0.4, -0.2) is 14.2 Å². The van der Waals surface area contributed by atoms with E-state index in [0.717, 1.165) is 15.6 Å². The molecule has 2 aromatic carbocycles. The van der Waals surface area contributed by atoms with E-state index in [1.165, 1.54) is 0 Å². The molecule has 21 heavy (non-hydrogen) atoms. The van der Waals surface area contributed by atoms with Crippen LogP contribution < -0.4 is 15.2 Å². The molecule has 3 nitrogen and oxygen atoms in total. The average molecular weight is 371 g/mol. The Morgan fingerprint density at radius 3 is 2.57 bits per heavy atom. The molecule has 5 heteroatoms. The number of hydrogen-bond acceptors (Lipinski definition) is 3. The molecule has 2 rings (SSSR count). The summed E-state index contributed by atoms with van der Waals surface area (Å²) in [5.74, 6) is 1.14. The second-order valence-corrected chi connectivity index (χ2v) is 5.94. The summed E-state index contributed by atoms with van der Waals surface area (Å²) >= 11 is 9.74. The molecular formula is C16H17BrClNO2. The minimum atomic E-state index is -0.211. The van der Waals surface area contributed by atoms with E-state index >= 15 is 0 Å². The Kier molecular flexibility index (Phi) is 5.51. The number of hydrogen-bond donors (Lipinski definition) is 1. The van der Waals surface area contributed by atoms with Crippen LogP contribution in [0.15, 0.2) is 40.9 Å². The first-order valence-corrected chi connectivity index (χ1v) is 7.64. The summed E-state index contributed by atoms with van der Waals surface area (Å²) in [7, 11) is 3.15. The molecule has 112 valence electrons. The highest BCUT2D eigenvalue weighted by atomic mass is 79.9. The summed E-state index contributed by atoms with van der Waals surface area (Å²) in [5.41, 5.74) is 8.33. The SMILES string of the molecule is COc1ccc(C(N)Cc2cccc(Br)c2)c(OC)c1Cl. The molecule has 0 aliphatic carbocycles. The molecule has 0 saturated heterocycles. The second kappa shape index (κ2) is 7.16. The van der Waals surface area contributed by atoms with Crippen LogP contribution in [0.3, 0.4) is 0 Å². The Hall–Kier alpha value is -1.23. The highest BCUT2D eigenvalue weighted by molar-refractivity contribution is 9.10. The van der Waals surface area contributed by atoms with E-state index in [2.05, 4.69) is 22.0 Å². The lowest BCUT2D eigenvalue weighted by molar-refractivity contribution is 0.389. The van der Waals surface area contributed by atoms with Gasteiger partial charge in [-0.05, 0) is 36.2 Å². The van der Waals surface area contributed by atoms with Crippen molar-refractivity contribution >= 4 is 27.5 Å². The van der Waals surface area contributed by atoms with E-state index in [4.69, 9.17) is 26.8 Å². The zero-order chi connectivity index (χ0) is 15.4. The van der Waals surface area contributed by atoms with E-state index in [9.17, 15) is 0 Å². The van der Waals surface area contributed by atoms with Crippen LogP contribution in [-0.2, 0) is 6.42 Å². The van der Waals surface area contributed by atoms with Crippen molar-refractivity contribution in [2.45, 2.75) is 12.5 Å². The Balaban J connectivity index is 2.30. The summed E-state index contributed by atoms with van der Waals surface area (Å²) in [6.07, 6.45) is 0.693. The fourth-order valence-corrected chi connectivity index (χ4v) is 3.01. The molecule has 0 aliphatic heterocycles. The lowest BCUT2D eigenvalue weighted by Crippen LogP contribution is -2.14. The van der Waals surface area contributed by atoms with Gasteiger partial charge in [0.1, 0.15) is 16.5 Å². The largest absolute Gasteiger partial charge is 0.495 e. The van der Waals surface area contributed by atoms with Crippen molar-refractivity contribution in [2.24, 2.45) is 5.73 Å². The lowest BCUT2D eigenvalue weighted by atomic mass is 9.98. The molecule has 0 bridgehead atoms. The van der Waals surface area contributed by atoms with Crippen molar-refractivity contribution in [1.29, 1.82) is 0 Å². The van der Waals surface area contributed by atoms with Gasteiger partial charge in [0, 0.05) is 16.1 Å². The maximum Gasteiger partial charge on any atom is 0.146 e. The van der Waals surface area contributed by atoms with Crippen LogP contribution in [0.5, 0.6) is 11.5 Å². The number of ether oxygens (including phenoxy) is 2. The Labute approximate surface area is 138 Å². The third kappa shape index (κ3) is 3.70. The van der Waals surface area contributed by atoms with Crippen LogP contribution in [0.2, 0.25) is 5.02 Å². The lowest BCUT2D eigenvalue weighted by Gasteiger charge is -2.18. The summed E-state index contributed by atoms with van der Waals surface area (Å²) in [5, 5.41) is 0.446. The minimum Gasteiger partial charge on any atom is -0.495 e. The molecule has 0 saturated carbocycles. The summed E-state index contributed by atoms with van der Waals surface area (Å²) < 4.78 is 11.6. The molecule has 0 spiro atoms. The minimum absolute atomic E-state index is 0.211. The fourth-order valence-electron chi connectivity index (χ4n) is 2.24. The standard InChI is InChI=1S/C16H17BrClNO2/c1-20-14-7-6-12(16(21-2)15(14)18)13(19)9-10-4-3-5-11(17)8-10/h3-8,13H,9,19H2,1-2H3. The smallest absolute Gasteiger partial charge is 0.146 e. The van der Waals surface area contributed by atoms with Crippen molar-refractivity contribution < 1.29 is 9.47 Å². The van der Waals surface area contributed by atoms with Gasteiger partial charge in [-0.1, -0.05) is 39.7 Å². The van der Waals surface area contributed by atoms with Crippen LogP contribution in [0.1, 0.15) is 17.2 Å². The van der Waals surface area contributed by atoms with Gasteiger partial charge in [0.25, 0.3) is 0 Å². The second-order valence-electron chi connectivity index (χ2n) is 4.64. The number of halogens is 2. The molecule has 0 radical (unpaired) electrons. The zero-order valence-corrected chi connectivity index (χ0v) is 14.2. The van der Waals surface area contributed by atoms with E-state index in [-0.39, 0.29) is 6.04 Å². The molecule has 0 fully saturated rings. The quantitative estimate of drug-likeness (QED) is 0.850. The molecule has 0 amide bonds. The van der Waals surface area contributed by atoms with Gasteiger partial charge >= 0.3 is 0 Å². The number of methoxy groups -OCH3 is 2. The highest BCUT2D eigenvalue weighted by Crippen LogP contribution is 2.39. The molecule has 0 aromatic heterocycles. The fraction of sp³-hybridized carbons (Fsp3) is 0.250. The molecule has 1 atom stereocenters. The molecular weight excluding hydrogens is 354 g/mol. The van der Waals surface area contributed by atoms with Gasteiger partial charge in [-0.25, -0.2) is 0 Å². The van der Waals surface area contributed by atoms with Gasteiger partial charge in [-0.3, -0.25) is 0 Å². The Morgan fingerprint density at radius 2 is 1.95 bits per heavy atom. The predicted molar refractivity (Wildman–Crippen MR) is 89.3 cm³/mol. The van der Waals surface area contributed by atoms with E-state index in [0.29, 0.717) is 22.9 Å². The van der Waals surface area contributed by atoms with E-state index in [1.807, 2.05) is 24.3 Å². The van der Waals surface area contributed by atoms with Crippen molar-refractivity contribution in [3.05, 3.63) is 57.0 Å². The van der Waals surface area contributed by atoms with Crippen LogP contribution in [0.25, 0.3) is 0 Å². The van der Waals surface area contributed by atoms with Gasteiger partial charge < -0.3 is 15.2 Å². The van der Waals surface area contributed by atoms with Gasteiger partial charge in [0.05, 0.1) is 14.2 Å². The normalized spacial score (nSPS) is 12.0. The maximum absolute atomic E-state index is 6.32. The van der Waals surface area contributed by atoms with Gasteiger partial charge in [0.2, 0.25) is 0 Å². The molecule has 2 N–H and O–H groups in total. The number of rotatable bonds is 5. The predicted octanol–water partition coefficient (Wildman–Crippen LogP) is 4.36. The first-order valence-electron chi connectivity index (χ1n) is 6.47. The van der Waals surface area contributed by atoms with Gasteiger partial charge in [-0.2, -0.15) is 0 Å². The van der Waals surface area contributed by atoms with Crippen LogP contribution in [0.4, 0.5) is 0 Å². The monoisotopic (exact) mass is 369 g/mol. The molecule has 0 heterocycles. The Bertz CT molecular complexity index is 634. The summed E-state index contributed by atoms with van der Waals surface area (Å²) in [4.78, 5) is 0. The van der Waals surface area contributed by atoms with E-state index in [1.54, 1.807) is 20.3 Å². The maximum atomic E-state index is 6.32. The first-order chi connectivity index (χ1) is 10.1. The summed E-state index contributed by atoms with van der Waals surface area (Å²) in [6, 6.07) is 11.6. The van der Waals surface area contributed by atoms with E-state index < -0.39 is 0 Å². The van der Waals surface area contributed by atoms with Crippen molar-refractivity contribution in [3.8, 4) is 11.5 Å². The third-order valence-corrected chi connectivity index (χ3v) is 4.11. The zero-order valence-electron chi connectivity index (χ0n) is 11.9. The van der Waals surface area contributed by atoms with Gasteiger partial charge in [0.15, 0.2) is 0 Å². The Morgan fingerprint density at radius 1 is 1.19 bits per heavy atom. The van der Waals surface area contributed by atoms with Crippen LogP contribution >= 0.6 is 27.5 Å². The topological polar surface area (TPSA) is 44.5 Å². The molecule has 0 aliphatic rings. The number of benzene rings is 2. The summed E-state index contributed by atoms with van der Waals surface area (Å²) in [6.45, 7) is 0. The van der Waals surface area contributed by atoms with Gasteiger partial charge in [-0.15, -0.1) is 0 Å².